The summed E-state index contributed by atoms with van der Waals surface area (Å²) in [5.41, 5.74) is 1.35. The van der Waals surface area contributed by atoms with Gasteiger partial charge in [0.05, 0.1) is 6.20 Å². The van der Waals surface area contributed by atoms with Gasteiger partial charge in [0.25, 0.3) is 5.91 Å². The molecule has 2 heterocycles. The van der Waals surface area contributed by atoms with E-state index in [1.165, 1.54) is 0 Å². The summed E-state index contributed by atoms with van der Waals surface area (Å²) >= 11 is 5.89. The molecule has 128 valence electrons. The number of piperidine rings is 1. The molecule has 3 aromatic rings. The molecule has 1 amide bonds. The van der Waals surface area contributed by atoms with Crippen LogP contribution in [0.3, 0.4) is 0 Å². The van der Waals surface area contributed by atoms with Crippen LogP contribution in [0.25, 0.3) is 11.0 Å². The molecule has 0 spiro atoms. The van der Waals surface area contributed by atoms with Crippen molar-refractivity contribution < 1.29 is 14.1 Å². The van der Waals surface area contributed by atoms with Gasteiger partial charge in [0.15, 0.2) is 5.58 Å². The summed E-state index contributed by atoms with van der Waals surface area (Å²) in [5.74, 6) is 0.847. The fraction of sp³-hybridized carbons (Fsp3) is 0.263. The first-order valence-corrected chi connectivity index (χ1v) is 8.63. The molecule has 1 aromatic heterocycles. The Kier molecular flexibility index (Phi) is 4.32. The molecule has 0 unspecified atom stereocenters. The summed E-state index contributed by atoms with van der Waals surface area (Å²) in [6.45, 7) is 1.36. The Labute approximate surface area is 150 Å². The third-order valence-electron chi connectivity index (χ3n) is 4.45. The minimum absolute atomic E-state index is 0.0352. The Hall–Kier alpha value is -2.53. The molecule has 0 bridgehead atoms. The lowest BCUT2D eigenvalue weighted by Gasteiger charge is -2.32. The van der Waals surface area contributed by atoms with Crippen LogP contribution in [0.5, 0.6) is 5.75 Å². The maximum Gasteiger partial charge on any atom is 0.253 e. The van der Waals surface area contributed by atoms with Gasteiger partial charge < -0.3 is 14.2 Å². The average molecular weight is 357 g/mol. The van der Waals surface area contributed by atoms with Crippen LogP contribution in [0.2, 0.25) is 5.02 Å². The van der Waals surface area contributed by atoms with E-state index >= 15 is 0 Å². The second-order valence-corrected chi connectivity index (χ2v) is 6.58. The predicted octanol–water partition coefficient (Wildman–Crippen LogP) is 4.16. The Morgan fingerprint density at radius 2 is 1.92 bits per heavy atom. The Bertz CT molecular complexity index is 883. The highest BCUT2D eigenvalue weighted by atomic mass is 35.5. The van der Waals surface area contributed by atoms with Crippen LogP contribution < -0.4 is 4.74 Å². The van der Waals surface area contributed by atoms with Gasteiger partial charge in [0.1, 0.15) is 11.9 Å². The van der Waals surface area contributed by atoms with E-state index in [1.807, 2.05) is 35.2 Å². The van der Waals surface area contributed by atoms with Crippen LogP contribution in [0.15, 0.2) is 53.2 Å². The van der Waals surface area contributed by atoms with E-state index in [-0.39, 0.29) is 12.0 Å². The van der Waals surface area contributed by atoms with Gasteiger partial charge in [-0.25, -0.2) is 0 Å². The molecular weight excluding hydrogens is 340 g/mol. The van der Waals surface area contributed by atoms with E-state index in [0.717, 1.165) is 24.0 Å². The SMILES string of the molecule is O=C(c1ccc2oncc2c1)N1CCC(Oc2ccc(Cl)cc2)CC1. The van der Waals surface area contributed by atoms with Crippen molar-refractivity contribution in [1.29, 1.82) is 0 Å². The molecule has 1 aliphatic heterocycles. The molecule has 0 aliphatic carbocycles. The second-order valence-electron chi connectivity index (χ2n) is 6.14. The molecule has 1 saturated heterocycles. The molecule has 2 aromatic carbocycles. The lowest BCUT2D eigenvalue weighted by molar-refractivity contribution is 0.0595. The molecule has 0 saturated carbocycles. The summed E-state index contributed by atoms with van der Waals surface area (Å²) in [6.07, 6.45) is 3.36. The van der Waals surface area contributed by atoms with Gasteiger partial charge in [-0.1, -0.05) is 16.8 Å². The van der Waals surface area contributed by atoms with Crippen molar-refractivity contribution in [2.45, 2.75) is 18.9 Å². The van der Waals surface area contributed by atoms with E-state index in [9.17, 15) is 4.79 Å². The first-order chi connectivity index (χ1) is 12.2. The summed E-state index contributed by atoms with van der Waals surface area (Å²) in [7, 11) is 0. The van der Waals surface area contributed by atoms with Crippen molar-refractivity contribution in [1.82, 2.24) is 10.1 Å². The molecule has 1 fully saturated rings. The van der Waals surface area contributed by atoms with Crippen molar-refractivity contribution in [3.05, 3.63) is 59.2 Å². The lowest BCUT2D eigenvalue weighted by atomic mass is 10.1. The highest BCUT2D eigenvalue weighted by molar-refractivity contribution is 6.30. The smallest absolute Gasteiger partial charge is 0.253 e. The van der Waals surface area contributed by atoms with E-state index in [4.69, 9.17) is 20.9 Å². The fourth-order valence-electron chi connectivity index (χ4n) is 3.07. The van der Waals surface area contributed by atoms with Gasteiger partial charge in [0, 0.05) is 41.9 Å². The van der Waals surface area contributed by atoms with Crippen molar-refractivity contribution in [3.8, 4) is 5.75 Å². The van der Waals surface area contributed by atoms with E-state index in [0.29, 0.717) is 29.3 Å². The Morgan fingerprint density at radius 3 is 2.68 bits per heavy atom. The molecule has 6 heteroatoms. The number of amides is 1. The molecule has 0 radical (unpaired) electrons. The fourth-order valence-corrected chi connectivity index (χ4v) is 3.20. The van der Waals surface area contributed by atoms with Crippen molar-refractivity contribution in [2.24, 2.45) is 0 Å². The molecule has 1 aliphatic rings. The van der Waals surface area contributed by atoms with Crippen LogP contribution in [0.4, 0.5) is 0 Å². The molecule has 5 nitrogen and oxygen atoms in total. The maximum atomic E-state index is 12.7. The third-order valence-corrected chi connectivity index (χ3v) is 4.70. The highest BCUT2D eigenvalue weighted by Gasteiger charge is 2.25. The number of halogens is 1. The van der Waals surface area contributed by atoms with Crippen LogP contribution in [0.1, 0.15) is 23.2 Å². The number of carbonyl (C=O) groups excluding carboxylic acids is 1. The summed E-state index contributed by atoms with van der Waals surface area (Å²) in [6, 6.07) is 12.8. The topological polar surface area (TPSA) is 55.6 Å². The quantitative estimate of drug-likeness (QED) is 0.707. The van der Waals surface area contributed by atoms with Crippen LogP contribution in [-0.2, 0) is 0 Å². The number of ether oxygens (including phenoxy) is 1. The third kappa shape index (κ3) is 3.46. The molecular formula is C19H17ClN2O3. The second kappa shape index (κ2) is 6.76. The van der Waals surface area contributed by atoms with E-state index in [1.54, 1.807) is 18.3 Å². The largest absolute Gasteiger partial charge is 0.490 e. The highest BCUT2D eigenvalue weighted by Crippen LogP contribution is 2.23. The Morgan fingerprint density at radius 1 is 1.16 bits per heavy atom. The number of carbonyl (C=O) groups is 1. The zero-order valence-corrected chi connectivity index (χ0v) is 14.3. The number of fused-ring (bicyclic) bond motifs is 1. The number of hydrogen-bond donors (Lipinski definition) is 0. The minimum Gasteiger partial charge on any atom is -0.490 e. The van der Waals surface area contributed by atoms with Crippen LogP contribution in [0, 0.1) is 0 Å². The molecule has 4 rings (SSSR count). The number of hydrogen-bond acceptors (Lipinski definition) is 4. The zero-order valence-electron chi connectivity index (χ0n) is 13.5. The van der Waals surface area contributed by atoms with Crippen LogP contribution >= 0.6 is 11.6 Å². The van der Waals surface area contributed by atoms with Gasteiger partial charge in [-0.15, -0.1) is 0 Å². The predicted molar refractivity (Wildman–Crippen MR) is 95.0 cm³/mol. The monoisotopic (exact) mass is 356 g/mol. The van der Waals surface area contributed by atoms with Crippen molar-refractivity contribution in [3.63, 3.8) is 0 Å². The number of aromatic nitrogens is 1. The molecule has 0 N–H and O–H groups in total. The molecule has 0 atom stereocenters. The van der Waals surface area contributed by atoms with Crippen molar-refractivity contribution in [2.75, 3.05) is 13.1 Å². The van der Waals surface area contributed by atoms with Gasteiger partial charge in [-0.3, -0.25) is 4.79 Å². The van der Waals surface area contributed by atoms with Gasteiger partial charge >= 0.3 is 0 Å². The summed E-state index contributed by atoms with van der Waals surface area (Å²) < 4.78 is 11.1. The lowest BCUT2D eigenvalue weighted by Crippen LogP contribution is -2.41. The van der Waals surface area contributed by atoms with Gasteiger partial charge in [-0.2, -0.15) is 0 Å². The van der Waals surface area contributed by atoms with Crippen LogP contribution in [-0.4, -0.2) is 35.2 Å². The first-order valence-electron chi connectivity index (χ1n) is 8.25. The van der Waals surface area contributed by atoms with Gasteiger partial charge in [-0.05, 0) is 42.5 Å². The number of rotatable bonds is 3. The van der Waals surface area contributed by atoms with Gasteiger partial charge in [0.2, 0.25) is 0 Å². The van der Waals surface area contributed by atoms with E-state index < -0.39 is 0 Å². The normalized spacial score (nSPS) is 15.5. The summed E-state index contributed by atoms with van der Waals surface area (Å²) in [5, 5.41) is 5.28. The number of likely N-dealkylation sites (tertiary alicyclic amines) is 1. The van der Waals surface area contributed by atoms with E-state index in [2.05, 4.69) is 5.16 Å². The minimum atomic E-state index is 0.0352. The standard InChI is InChI=1S/C19H17ClN2O3/c20-15-2-4-16(5-3-15)24-17-7-9-22(10-8-17)19(23)13-1-6-18-14(11-13)12-21-25-18/h1-6,11-12,17H,7-10H2. The first kappa shape index (κ1) is 16.0. The Balaban J connectivity index is 1.37. The number of benzene rings is 2. The van der Waals surface area contributed by atoms with Crippen molar-refractivity contribution >= 4 is 28.5 Å². The summed E-state index contributed by atoms with van der Waals surface area (Å²) in [4.78, 5) is 14.6. The number of nitrogens with zero attached hydrogens (tertiary/aromatic N) is 2. The maximum absolute atomic E-state index is 12.7. The molecule has 25 heavy (non-hydrogen) atoms. The average Bonchev–Trinajstić information content (AvgIpc) is 3.11. The zero-order chi connectivity index (χ0) is 17.2.